The molecule has 1 saturated heterocycles. The van der Waals surface area contributed by atoms with Crippen LogP contribution < -0.4 is 4.90 Å². The number of carbonyl (C=O) groups is 1. The molecule has 0 aliphatic carbocycles. The number of halogens is 2. The highest BCUT2D eigenvalue weighted by molar-refractivity contribution is 5.96. The topological polar surface area (TPSA) is 83.7 Å². The third-order valence-electron chi connectivity index (χ3n) is 2.62. The van der Waals surface area contributed by atoms with Crippen molar-refractivity contribution in [3.63, 3.8) is 0 Å². The zero-order valence-electron chi connectivity index (χ0n) is 8.97. The van der Waals surface area contributed by atoms with Gasteiger partial charge < -0.3 is 10.0 Å². The van der Waals surface area contributed by atoms with Gasteiger partial charge in [0.1, 0.15) is 11.5 Å². The van der Waals surface area contributed by atoms with Crippen LogP contribution in [0, 0.1) is 21.7 Å². The molecule has 1 unspecified atom stereocenters. The Kier molecular flexibility index (Phi) is 2.95. The molecule has 1 amide bonds. The minimum Gasteiger partial charge on any atom is -0.391 e. The first-order chi connectivity index (χ1) is 8.41. The van der Waals surface area contributed by atoms with Gasteiger partial charge in [0.25, 0.3) is 0 Å². The molecule has 1 aliphatic heterocycles. The van der Waals surface area contributed by atoms with E-state index in [4.69, 9.17) is 0 Å². The first kappa shape index (κ1) is 12.4. The van der Waals surface area contributed by atoms with Crippen LogP contribution in [0.2, 0.25) is 0 Å². The van der Waals surface area contributed by atoms with E-state index < -0.39 is 39.9 Å². The van der Waals surface area contributed by atoms with Crippen LogP contribution in [0.3, 0.4) is 0 Å². The smallest absolute Gasteiger partial charge is 0.307 e. The molecule has 6 nitrogen and oxygen atoms in total. The molecular weight excluding hydrogens is 250 g/mol. The summed E-state index contributed by atoms with van der Waals surface area (Å²) in [6, 6.07) is 1.40. The summed E-state index contributed by atoms with van der Waals surface area (Å²) in [5, 5.41) is 19.8. The van der Waals surface area contributed by atoms with E-state index in [2.05, 4.69) is 0 Å². The SMILES string of the molecule is O=C1CC(O)CN1c1c(F)ccc([N+](=O)[O-])c1F. The first-order valence-electron chi connectivity index (χ1n) is 5.02. The van der Waals surface area contributed by atoms with E-state index in [-0.39, 0.29) is 13.0 Å². The second-order valence-electron chi connectivity index (χ2n) is 3.85. The van der Waals surface area contributed by atoms with E-state index in [1.807, 2.05) is 0 Å². The lowest BCUT2D eigenvalue weighted by Gasteiger charge is -2.17. The van der Waals surface area contributed by atoms with E-state index in [1.54, 1.807) is 0 Å². The Hall–Kier alpha value is -2.09. The lowest BCUT2D eigenvalue weighted by Crippen LogP contribution is -2.27. The monoisotopic (exact) mass is 258 g/mol. The Bertz CT molecular complexity index is 535. The molecule has 96 valence electrons. The molecule has 0 aromatic heterocycles. The molecule has 0 spiro atoms. The van der Waals surface area contributed by atoms with Gasteiger partial charge in [-0.1, -0.05) is 0 Å². The maximum Gasteiger partial charge on any atom is 0.307 e. The molecule has 2 rings (SSSR count). The highest BCUT2D eigenvalue weighted by atomic mass is 19.1. The van der Waals surface area contributed by atoms with E-state index in [1.165, 1.54) is 0 Å². The number of β-amino-alcohol motifs (C(OH)–C–C–N with tert-alkyl or cyclic N) is 1. The van der Waals surface area contributed by atoms with Crippen molar-refractivity contribution in [2.24, 2.45) is 0 Å². The van der Waals surface area contributed by atoms with E-state index in [9.17, 15) is 28.8 Å². The van der Waals surface area contributed by atoms with E-state index in [0.29, 0.717) is 17.0 Å². The van der Waals surface area contributed by atoms with E-state index >= 15 is 0 Å². The summed E-state index contributed by atoms with van der Waals surface area (Å²) in [4.78, 5) is 21.6. The van der Waals surface area contributed by atoms with Gasteiger partial charge in [-0.05, 0) is 6.07 Å². The Balaban J connectivity index is 2.53. The zero-order valence-corrected chi connectivity index (χ0v) is 8.97. The van der Waals surface area contributed by atoms with Crippen LogP contribution in [0.4, 0.5) is 20.2 Å². The third kappa shape index (κ3) is 1.90. The van der Waals surface area contributed by atoms with Gasteiger partial charge in [0.15, 0.2) is 0 Å². The number of benzene rings is 1. The van der Waals surface area contributed by atoms with Gasteiger partial charge >= 0.3 is 5.69 Å². The second-order valence-corrected chi connectivity index (χ2v) is 3.85. The molecule has 8 heteroatoms. The third-order valence-corrected chi connectivity index (χ3v) is 2.62. The minimum atomic E-state index is -1.41. The summed E-state index contributed by atoms with van der Waals surface area (Å²) < 4.78 is 27.3. The van der Waals surface area contributed by atoms with Crippen molar-refractivity contribution in [2.45, 2.75) is 12.5 Å². The standard InChI is InChI=1S/C10H8F2N2O4/c11-6-1-2-7(14(17)18)9(12)10(6)13-4-5(15)3-8(13)16/h1-2,5,15H,3-4H2. The van der Waals surface area contributed by atoms with Gasteiger partial charge in [0, 0.05) is 6.07 Å². The average Bonchev–Trinajstić information content (AvgIpc) is 2.57. The first-order valence-corrected chi connectivity index (χ1v) is 5.02. The van der Waals surface area contributed by atoms with Gasteiger partial charge in [-0.2, -0.15) is 4.39 Å². The maximum absolute atomic E-state index is 13.8. The summed E-state index contributed by atoms with van der Waals surface area (Å²) >= 11 is 0. The van der Waals surface area contributed by atoms with Crippen LogP contribution >= 0.6 is 0 Å². The fourth-order valence-corrected chi connectivity index (χ4v) is 1.82. The zero-order chi connectivity index (χ0) is 13.4. The number of nitro benzene ring substituents is 1. The molecule has 1 fully saturated rings. The van der Waals surface area contributed by atoms with Crippen molar-refractivity contribution in [2.75, 3.05) is 11.4 Å². The number of nitrogens with zero attached hydrogens (tertiary/aromatic N) is 2. The number of rotatable bonds is 2. The largest absolute Gasteiger partial charge is 0.391 e. The number of hydrogen-bond acceptors (Lipinski definition) is 4. The Morgan fingerprint density at radius 3 is 2.61 bits per heavy atom. The van der Waals surface area contributed by atoms with Crippen LogP contribution in [0.25, 0.3) is 0 Å². The van der Waals surface area contributed by atoms with Crippen LogP contribution in [0.15, 0.2) is 12.1 Å². The molecule has 0 radical (unpaired) electrons. The molecule has 1 atom stereocenters. The highest BCUT2D eigenvalue weighted by Crippen LogP contribution is 2.32. The number of nitro groups is 1. The predicted octanol–water partition coefficient (Wildman–Crippen LogP) is 0.971. The molecule has 1 aromatic carbocycles. The average molecular weight is 258 g/mol. The fraction of sp³-hybridized carbons (Fsp3) is 0.300. The van der Waals surface area contributed by atoms with Gasteiger partial charge in [0.05, 0.1) is 24.0 Å². The number of carbonyl (C=O) groups excluding carboxylic acids is 1. The number of anilines is 1. The predicted molar refractivity (Wildman–Crippen MR) is 56.0 cm³/mol. The van der Waals surface area contributed by atoms with Crippen molar-refractivity contribution in [3.8, 4) is 0 Å². The lowest BCUT2D eigenvalue weighted by molar-refractivity contribution is -0.387. The summed E-state index contributed by atoms with van der Waals surface area (Å²) in [5.74, 6) is -3.18. The van der Waals surface area contributed by atoms with Crippen molar-refractivity contribution < 1.29 is 23.6 Å². The maximum atomic E-state index is 13.8. The summed E-state index contributed by atoms with van der Waals surface area (Å²) in [7, 11) is 0. The Labute approximate surface area is 99.6 Å². The normalized spacial score (nSPS) is 19.4. The summed E-state index contributed by atoms with van der Waals surface area (Å²) in [6.07, 6.45) is -1.29. The fourth-order valence-electron chi connectivity index (χ4n) is 1.82. The summed E-state index contributed by atoms with van der Waals surface area (Å²) in [5.41, 5.74) is -1.70. The van der Waals surface area contributed by atoms with Crippen molar-refractivity contribution >= 4 is 17.3 Å². The summed E-state index contributed by atoms with van der Waals surface area (Å²) in [6.45, 7) is -0.284. The molecular formula is C10H8F2N2O4. The lowest BCUT2D eigenvalue weighted by atomic mass is 10.2. The number of aliphatic hydroxyl groups excluding tert-OH is 1. The minimum absolute atomic E-state index is 0.262. The van der Waals surface area contributed by atoms with Crippen LogP contribution in [-0.4, -0.2) is 28.6 Å². The molecule has 1 aliphatic rings. The molecule has 0 bridgehead atoms. The quantitative estimate of drug-likeness (QED) is 0.632. The van der Waals surface area contributed by atoms with Crippen molar-refractivity contribution in [3.05, 3.63) is 33.9 Å². The van der Waals surface area contributed by atoms with E-state index in [0.717, 1.165) is 0 Å². The Morgan fingerprint density at radius 2 is 2.11 bits per heavy atom. The van der Waals surface area contributed by atoms with Crippen LogP contribution in [0.5, 0.6) is 0 Å². The molecule has 1 heterocycles. The van der Waals surface area contributed by atoms with Gasteiger partial charge in [-0.25, -0.2) is 4.39 Å². The molecule has 18 heavy (non-hydrogen) atoms. The van der Waals surface area contributed by atoms with Crippen LogP contribution in [0.1, 0.15) is 6.42 Å². The van der Waals surface area contributed by atoms with Crippen molar-refractivity contribution in [1.29, 1.82) is 0 Å². The number of aliphatic hydroxyl groups is 1. The molecule has 0 saturated carbocycles. The second kappa shape index (κ2) is 4.30. The molecule has 1 N–H and O–H groups in total. The van der Waals surface area contributed by atoms with Gasteiger partial charge in [-0.3, -0.25) is 14.9 Å². The Morgan fingerprint density at radius 1 is 1.44 bits per heavy atom. The molecule has 1 aromatic rings. The highest BCUT2D eigenvalue weighted by Gasteiger charge is 2.35. The van der Waals surface area contributed by atoms with Crippen molar-refractivity contribution in [1.82, 2.24) is 0 Å². The van der Waals surface area contributed by atoms with Crippen LogP contribution in [-0.2, 0) is 4.79 Å². The number of hydrogen-bond donors (Lipinski definition) is 1. The van der Waals surface area contributed by atoms with Gasteiger partial charge in [0.2, 0.25) is 11.7 Å². The number of amides is 1. The van der Waals surface area contributed by atoms with Gasteiger partial charge in [-0.15, -0.1) is 0 Å².